The van der Waals surface area contributed by atoms with Crippen LogP contribution in [0.1, 0.15) is 37.2 Å². The minimum absolute atomic E-state index is 0.312. The molecule has 0 spiro atoms. The van der Waals surface area contributed by atoms with E-state index in [2.05, 4.69) is 54.6 Å². The average Bonchev–Trinajstić information content (AvgIpc) is 3.72. The van der Waals surface area contributed by atoms with Gasteiger partial charge in [-0.25, -0.2) is 9.37 Å². The molecule has 5 heterocycles. The molecular formula is C31H33FN6O. The molecule has 0 saturated carbocycles. The van der Waals surface area contributed by atoms with Crippen LogP contribution in [0.5, 0.6) is 5.75 Å². The number of halogens is 1. The number of hydrogen-bond donors (Lipinski definition) is 3. The van der Waals surface area contributed by atoms with Crippen molar-refractivity contribution in [2.75, 3.05) is 39.3 Å². The van der Waals surface area contributed by atoms with Gasteiger partial charge in [0.25, 0.3) is 0 Å². The number of ether oxygens (including phenoxy) is 1. The maximum Gasteiger partial charge on any atom is 0.138 e. The summed E-state index contributed by atoms with van der Waals surface area (Å²) in [6.07, 6.45) is 6.54. The zero-order chi connectivity index (χ0) is 26.2. The van der Waals surface area contributed by atoms with Crippen molar-refractivity contribution in [3.8, 4) is 28.3 Å². The Balaban J connectivity index is 1.20. The first-order chi connectivity index (χ1) is 19.2. The SMILES string of the molecule is Fc1cc(OCCN2CCCC2)cc(-c2ccnc3[nH]c(-c4n[nH]c5ccc(C6CCNCC6)cc45)cc23)c1. The Morgan fingerprint density at radius 1 is 0.974 bits per heavy atom. The fourth-order valence-electron chi connectivity index (χ4n) is 6.15. The number of fused-ring (bicyclic) bond motifs is 2. The van der Waals surface area contributed by atoms with Crippen LogP contribution in [0.2, 0.25) is 0 Å². The van der Waals surface area contributed by atoms with Crippen LogP contribution in [-0.4, -0.2) is 64.4 Å². The van der Waals surface area contributed by atoms with E-state index in [1.807, 2.05) is 12.1 Å². The molecular weight excluding hydrogens is 491 g/mol. The molecule has 0 atom stereocenters. The van der Waals surface area contributed by atoms with Gasteiger partial charge in [-0.1, -0.05) is 6.07 Å². The van der Waals surface area contributed by atoms with Crippen LogP contribution in [0.25, 0.3) is 44.5 Å². The topological polar surface area (TPSA) is 81.9 Å². The summed E-state index contributed by atoms with van der Waals surface area (Å²) in [4.78, 5) is 10.4. The molecule has 0 radical (unpaired) electrons. The van der Waals surface area contributed by atoms with Crippen LogP contribution in [0, 0.1) is 5.82 Å². The number of nitrogens with zero attached hydrogens (tertiary/aromatic N) is 3. The van der Waals surface area contributed by atoms with Crippen molar-refractivity contribution in [1.82, 2.24) is 30.4 Å². The number of piperidine rings is 1. The van der Waals surface area contributed by atoms with Crippen LogP contribution in [0.4, 0.5) is 4.39 Å². The van der Waals surface area contributed by atoms with Crippen molar-refractivity contribution in [3.63, 3.8) is 0 Å². The number of pyridine rings is 1. The van der Waals surface area contributed by atoms with Crippen molar-refractivity contribution < 1.29 is 9.13 Å². The predicted molar refractivity (Wildman–Crippen MR) is 153 cm³/mol. The maximum absolute atomic E-state index is 14.7. The highest BCUT2D eigenvalue weighted by Gasteiger charge is 2.19. The second-order valence-corrected chi connectivity index (χ2v) is 10.8. The van der Waals surface area contributed by atoms with Gasteiger partial charge < -0.3 is 15.0 Å². The standard InChI is InChI=1S/C31H33FN6O/c32-23-15-22(16-24(18-23)39-14-13-38-11-1-2-12-38)25-7-10-34-31-26(25)19-29(35-31)30-27-17-21(3-4-28(27)36-37-30)20-5-8-33-9-6-20/h3-4,7,10,15-20,33H,1-2,5-6,8-9,11-14H2,(H,34,35)(H,36,37). The molecule has 5 aromatic rings. The third-order valence-electron chi connectivity index (χ3n) is 8.24. The molecule has 0 bridgehead atoms. The minimum atomic E-state index is -0.312. The number of aromatic nitrogens is 4. The summed E-state index contributed by atoms with van der Waals surface area (Å²) in [5, 5.41) is 13.3. The van der Waals surface area contributed by atoms with Gasteiger partial charge in [-0.15, -0.1) is 0 Å². The number of likely N-dealkylation sites (tertiary alicyclic amines) is 1. The van der Waals surface area contributed by atoms with Gasteiger partial charge in [-0.2, -0.15) is 5.10 Å². The summed E-state index contributed by atoms with van der Waals surface area (Å²) in [6, 6.07) is 15.6. The normalized spacial score (nSPS) is 16.9. The number of hydrogen-bond acceptors (Lipinski definition) is 5. The van der Waals surface area contributed by atoms with E-state index in [4.69, 9.17) is 4.74 Å². The van der Waals surface area contributed by atoms with Gasteiger partial charge in [0.05, 0.1) is 11.2 Å². The van der Waals surface area contributed by atoms with Crippen LogP contribution < -0.4 is 10.1 Å². The van der Waals surface area contributed by atoms with E-state index in [-0.39, 0.29) is 5.82 Å². The first-order valence-corrected chi connectivity index (χ1v) is 14.0. The Hall–Kier alpha value is -3.75. The number of H-pyrrole nitrogens is 2. The molecule has 3 aromatic heterocycles. The van der Waals surface area contributed by atoms with E-state index < -0.39 is 0 Å². The lowest BCUT2D eigenvalue weighted by atomic mass is 9.89. The van der Waals surface area contributed by atoms with Gasteiger partial charge in [-0.05, 0) is 111 Å². The van der Waals surface area contributed by atoms with E-state index in [0.29, 0.717) is 18.3 Å². The highest BCUT2D eigenvalue weighted by molar-refractivity contribution is 6.00. The maximum atomic E-state index is 14.7. The lowest BCUT2D eigenvalue weighted by Crippen LogP contribution is -2.26. The van der Waals surface area contributed by atoms with E-state index in [1.54, 1.807) is 12.3 Å². The van der Waals surface area contributed by atoms with Crippen LogP contribution in [0.3, 0.4) is 0 Å². The molecule has 0 aliphatic carbocycles. The van der Waals surface area contributed by atoms with Crippen molar-refractivity contribution in [1.29, 1.82) is 0 Å². The van der Waals surface area contributed by atoms with Gasteiger partial charge >= 0.3 is 0 Å². The van der Waals surface area contributed by atoms with Crippen molar-refractivity contribution in [2.45, 2.75) is 31.6 Å². The molecule has 0 unspecified atom stereocenters. The summed E-state index contributed by atoms with van der Waals surface area (Å²) in [5.41, 5.74) is 6.54. The molecule has 2 aliphatic heterocycles. The van der Waals surface area contributed by atoms with Gasteiger partial charge in [0, 0.05) is 29.6 Å². The predicted octanol–water partition coefficient (Wildman–Crippen LogP) is 5.85. The summed E-state index contributed by atoms with van der Waals surface area (Å²) in [7, 11) is 0. The third-order valence-corrected chi connectivity index (χ3v) is 8.24. The van der Waals surface area contributed by atoms with E-state index in [0.717, 1.165) is 90.0 Å². The van der Waals surface area contributed by atoms with Gasteiger partial charge in [-0.3, -0.25) is 10.00 Å². The Bertz CT molecular complexity index is 1610. The first kappa shape index (κ1) is 24.3. The smallest absolute Gasteiger partial charge is 0.138 e. The van der Waals surface area contributed by atoms with Crippen molar-refractivity contribution in [2.24, 2.45) is 0 Å². The van der Waals surface area contributed by atoms with E-state index >= 15 is 0 Å². The lowest BCUT2D eigenvalue weighted by Gasteiger charge is -2.23. The molecule has 7 rings (SSSR count). The van der Waals surface area contributed by atoms with E-state index in [9.17, 15) is 4.39 Å². The number of nitrogens with one attached hydrogen (secondary N) is 3. The molecule has 7 nitrogen and oxygen atoms in total. The molecule has 2 saturated heterocycles. The second-order valence-electron chi connectivity index (χ2n) is 10.8. The van der Waals surface area contributed by atoms with Crippen LogP contribution in [0.15, 0.2) is 54.7 Å². The fraction of sp³-hybridized carbons (Fsp3) is 0.355. The number of aromatic amines is 2. The first-order valence-electron chi connectivity index (χ1n) is 14.0. The number of rotatable bonds is 7. The van der Waals surface area contributed by atoms with Crippen LogP contribution >= 0.6 is 0 Å². The third kappa shape index (κ3) is 4.90. The number of benzene rings is 2. The molecule has 200 valence electrons. The van der Waals surface area contributed by atoms with Crippen molar-refractivity contribution >= 4 is 21.9 Å². The fourth-order valence-corrected chi connectivity index (χ4v) is 6.15. The lowest BCUT2D eigenvalue weighted by molar-refractivity contribution is 0.237. The largest absolute Gasteiger partial charge is 0.492 e. The summed E-state index contributed by atoms with van der Waals surface area (Å²) in [5.74, 6) is 0.802. The highest BCUT2D eigenvalue weighted by atomic mass is 19.1. The Morgan fingerprint density at radius 2 is 1.85 bits per heavy atom. The Kier molecular flexibility index (Phi) is 6.50. The molecule has 3 N–H and O–H groups in total. The zero-order valence-corrected chi connectivity index (χ0v) is 22.0. The zero-order valence-electron chi connectivity index (χ0n) is 22.0. The molecule has 2 fully saturated rings. The summed E-state index contributed by atoms with van der Waals surface area (Å²) >= 11 is 0. The Labute approximate surface area is 226 Å². The van der Waals surface area contributed by atoms with Gasteiger partial charge in [0.1, 0.15) is 29.5 Å². The Morgan fingerprint density at radius 3 is 2.72 bits per heavy atom. The molecule has 8 heteroatoms. The quantitative estimate of drug-likeness (QED) is 0.249. The molecule has 2 aromatic carbocycles. The molecule has 39 heavy (non-hydrogen) atoms. The van der Waals surface area contributed by atoms with Gasteiger partial charge in [0.2, 0.25) is 0 Å². The summed E-state index contributed by atoms with van der Waals surface area (Å²) < 4.78 is 20.7. The van der Waals surface area contributed by atoms with Crippen LogP contribution in [-0.2, 0) is 0 Å². The molecule has 2 aliphatic rings. The second kappa shape index (κ2) is 10.4. The monoisotopic (exact) mass is 524 g/mol. The average molecular weight is 525 g/mol. The molecule has 0 amide bonds. The van der Waals surface area contributed by atoms with Crippen molar-refractivity contribution in [3.05, 3.63) is 66.1 Å². The summed E-state index contributed by atoms with van der Waals surface area (Å²) in [6.45, 7) is 5.77. The highest BCUT2D eigenvalue weighted by Crippen LogP contribution is 2.36. The van der Waals surface area contributed by atoms with E-state index in [1.165, 1.54) is 24.5 Å². The van der Waals surface area contributed by atoms with Gasteiger partial charge in [0.15, 0.2) is 0 Å². The minimum Gasteiger partial charge on any atom is -0.492 e.